The fraction of sp³-hybridized carbons (Fsp3) is 0.800. The van der Waals surface area contributed by atoms with Gasteiger partial charge in [-0.05, 0) is 33.6 Å². The van der Waals surface area contributed by atoms with Gasteiger partial charge in [-0.3, -0.25) is 9.59 Å². The molecule has 5 atom stereocenters. The lowest BCUT2D eigenvalue weighted by Crippen LogP contribution is -2.62. The summed E-state index contributed by atoms with van der Waals surface area (Å²) < 4.78 is 16.0. The number of fused-ring (bicyclic) bond motifs is 1. The third-order valence-corrected chi connectivity index (χ3v) is 4.73. The van der Waals surface area contributed by atoms with Gasteiger partial charge in [0.15, 0.2) is 5.41 Å². The number of rotatable bonds is 3. The van der Waals surface area contributed by atoms with Crippen LogP contribution in [0.5, 0.6) is 0 Å². The second kappa shape index (κ2) is 4.68. The van der Waals surface area contributed by atoms with Crippen molar-refractivity contribution in [2.45, 2.75) is 51.4 Å². The molecule has 0 aromatic heterocycles. The zero-order valence-corrected chi connectivity index (χ0v) is 12.8. The first-order chi connectivity index (χ1) is 10.2. The van der Waals surface area contributed by atoms with Crippen molar-refractivity contribution in [3.8, 4) is 0 Å². The molecule has 4 aliphatic rings. The minimum Gasteiger partial charge on any atom is -0.459 e. The van der Waals surface area contributed by atoms with E-state index in [4.69, 9.17) is 19.3 Å². The summed E-state index contributed by atoms with van der Waals surface area (Å²) in [6.45, 7) is 4.45. The Morgan fingerprint density at radius 2 is 2.09 bits per heavy atom. The number of ether oxygens (including phenoxy) is 3. The Balaban J connectivity index is 1.89. The maximum Gasteiger partial charge on any atom is 0.332 e. The molecule has 2 saturated heterocycles. The monoisotopic (exact) mass is 312 g/mol. The molecular weight excluding hydrogens is 292 g/mol. The molecule has 2 aliphatic heterocycles. The van der Waals surface area contributed by atoms with Gasteiger partial charge in [0.05, 0.1) is 0 Å². The Bertz CT molecular complexity index is 534. The lowest BCUT2D eigenvalue weighted by atomic mass is 9.68. The van der Waals surface area contributed by atoms with Crippen LogP contribution >= 0.6 is 0 Å². The normalized spacial score (nSPS) is 38.8. The first-order valence-electron chi connectivity index (χ1n) is 7.44. The van der Waals surface area contributed by atoms with Crippen LogP contribution in [0.25, 0.3) is 0 Å². The van der Waals surface area contributed by atoms with Crippen LogP contribution < -0.4 is 0 Å². The molecule has 0 spiro atoms. The van der Waals surface area contributed by atoms with Gasteiger partial charge in [0.25, 0.3) is 0 Å². The van der Waals surface area contributed by atoms with E-state index in [-0.39, 0.29) is 5.92 Å². The van der Waals surface area contributed by atoms with E-state index in [0.717, 1.165) is 0 Å². The summed E-state index contributed by atoms with van der Waals surface area (Å²) in [5.74, 6) is -2.41. The summed E-state index contributed by atoms with van der Waals surface area (Å²) in [5.41, 5.74) is -2.10. The van der Waals surface area contributed by atoms with Crippen molar-refractivity contribution in [3.05, 3.63) is 0 Å². The van der Waals surface area contributed by atoms with Crippen molar-refractivity contribution in [2.75, 3.05) is 6.61 Å². The van der Waals surface area contributed by atoms with Crippen LogP contribution in [0.2, 0.25) is 0 Å². The summed E-state index contributed by atoms with van der Waals surface area (Å²) in [5, 5.41) is 8.84. The highest BCUT2D eigenvalue weighted by Gasteiger charge is 2.75. The minimum atomic E-state index is -1.38. The second-order valence-corrected chi connectivity index (χ2v) is 7.26. The zero-order valence-electron chi connectivity index (χ0n) is 12.8. The molecule has 2 aliphatic carbocycles. The van der Waals surface area contributed by atoms with Crippen molar-refractivity contribution in [2.24, 2.45) is 17.3 Å². The fourth-order valence-corrected chi connectivity index (χ4v) is 3.99. The molecule has 7 nitrogen and oxygen atoms in total. The van der Waals surface area contributed by atoms with E-state index < -0.39 is 53.7 Å². The standard InChI is InChI=1S/C15H20O7/c1-14(2,3)22-13(19)15-5-7-4-8(15)11(20-9(17)6-16)10(7)21-12(15)18/h7-8,10-11,16H,4-6H2,1-3H3/t7-,8?,10?,11?,15?/m1/s1. The van der Waals surface area contributed by atoms with Gasteiger partial charge in [0.2, 0.25) is 0 Å². The Hall–Kier alpha value is -1.63. The maximum absolute atomic E-state index is 12.6. The number of carbonyl (C=O) groups excluding carboxylic acids is 3. The van der Waals surface area contributed by atoms with Crippen LogP contribution in [-0.4, -0.2) is 47.4 Å². The third kappa shape index (κ3) is 2.02. The van der Waals surface area contributed by atoms with Gasteiger partial charge in [0, 0.05) is 11.8 Å². The van der Waals surface area contributed by atoms with Crippen molar-refractivity contribution in [1.29, 1.82) is 0 Å². The maximum atomic E-state index is 12.6. The molecule has 0 aromatic carbocycles. The van der Waals surface area contributed by atoms with E-state index in [1.54, 1.807) is 20.8 Å². The molecule has 22 heavy (non-hydrogen) atoms. The largest absolute Gasteiger partial charge is 0.459 e. The summed E-state index contributed by atoms with van der Waals surface area (Å²) in [6, 6.07) is 0. The molecule has 2 heterocycles. The molecule has 4 unspecified atom stereocenters. The number of hydrogen-bond acceptors (Lipinski definition) is 7. The number of hydrogen-bond donors (Lipinski definition) is 1. The first-order valence-corrected chi connectivity index (χ1v) is 7.44. The first kappa shape index (κ1) is 15.3. The quantitative estimate of drug-likeness (QED) is 0.451. The van der Waals surface area contributed by atoms with Crippen LogP contribution in [0.1, 0.15) is 33.6 Å². The van der Waals surface area contributed by atoms with Gasteiger partial charge in [-0.2, -0.15) is 0 Å². The van der Waals surface area contributed by atoms with Crippen molar-refractivity contribution in [3.63, 3.8) is 0 Å². The van der Waals surface area contributed by atoms with Gasteiger partial charge >= 0.3 is 17.9 Å². The molecule has 1 N–H and O–H groups in total. The molecule has 0 aromatic rings. The molecule has 2 saturated carbocycles. The summed E-state index contributed by atoms with van der Waals surface area (Å²) >= 11 is 0. The van der Waals surface area contributed by atoms with Crippen molar-refractivity contribution < 1.29 is 33.7 Å². The summed E-state index contributed by atoms with van der Waals surface area (Å²) in [4.78, 5) is 36.3. The highest BCUT2D eigenvalue weighted by atomic mass is 16.6. The van der Waals surface area contributed by atoms with Gasteiger partial charge in [-0.25, -0.2) is 4.79 Å². The molecule has 4 bridgehead atoms. The number of aliphatic hydroxyl groups is 1. The lowest BCUT2D eigenvalue weighted by molar-refractivity contribution is -0.222. The molecule has 0 radical (unpaired) electrons. The SMILES string of the molecule is CC(C)(C)OC(=O)C12C[C@H]3CC1C(OC(=O)CO)C3OC2=O. The van der Waals surface area contributed by atoms with Crippen LogP contribution in [0, 0.1) is 17.3 Å². The minimum absolute atomic E-state index is 0.00767. The third-order valence-electron chi connectivity index (χ3n) is 4.73. The van der Waals surface area contributed by atoms with Crippen LogP contribution in [-0.2, 0) is 28.6 Å². The zero-order chi connectivity index (χ0) is 16.3. The Kier molecular flexibility index (Phi) is 3.25. The van der Waals surface area contributed by atoms with Gasteiger partial charge < -0.3 is 19.3 Å². The van der Waals surface area contributed by atoms with Crippen LogP contribution in [0.3, 0.4) is 0 Å². The Morgan fingerprint density at radius 1 is 1.41 bits per heavy atom. The number of carbonyl (C=O) groups is 3. The summed E-state index contributed by atoms with van der Waals surface area (Å²) in [6.07, 6.45) is -0.233. The number of aliphatic hydroxyl groups excluding tert-OH is 1. The van der Waals surface area contributed by atoms with E-state index in [1.165, 1.54) is 0 Å². The molecule has 0 amide bonds. The average molecular weight is 312 g/mol. The van der Waals surface area contributed by atoms with Gasteiger partial charge in [0.1, 0.15) is 24.4 Å². The smallest absolute Gasteiger partial charge is 0.332 e. The second-order valence-electron chi connectivity index (χ2n) is 7.26. The molecule has 4 fully saturated rings. The number of esters is 3. The topological polar surface area (TPSA) is 99.1 Å². The van der Waals surface area contributed by atoms with Gasteiger partial charge in [-0.1, -0.05) is 0 Å². The average Bonchev–Trinajstić information content (AvgIpc) is 2.91. The Morgan fingerprint density at radius 3 is 2.68 bits per heavy atom. The predicted molar refractivity (Wildman–Crippen MR) is 71.3 cm³/mol. The van der Waals surface area contributed by atoms with E-state index in [2.05, 4.69) is 0 Å². The van der Waals surface area contributed by atoms with E-state index >= 15 is 0 Å². The highest BCUT2D eigenvalue weighted by molar-refractivity contribution is 6.02. The fourth-order valence-electron chi connectivity index (χ4n) is 3.99. The molecule has 122 valence electrons. The predicted octanol–water partition coefficient (Wildman–Crippen LogP) is 0.184. The van der Waals surface area contributed by atoms with E-state index in [1.807, 2.05) is 0 Å². The van der Waals surface area contributed by atoms with Gasteiger partial charge in [-0.15, -0.1) is 0 Å². The summed E-state index contributed by atoms with van der Waals surface area (Å²) in [7, 11) is 0. The Labute approximate surface area is 127 Å². The molecule has 7 heteroatoms. The van der Waals surface area contributed by atoms with E-state index in [0.29, 0.717) is 12.8 Å². The van der Waals surface area contributed by atoms with Crippen LogP contribution in [0.15, 0.2) is 0 Å². The molecule has 4 rings (SSSR count). The van der Waals surface area contributed by atoms with Crippen molar-refractivity contribution in [1.82, 2.24) is 0 Å². The van der Waals surface area contributed by atoms with Crippen LogP contribution in [0.4, 0.5) is 0 Å². The van der Waals surface area contributed by atoms with Crippen molar-refractivity contribution >= 4 is 17.9 Å². The lowest BCUT2D eigenvalue weighted by Gasteiger charge is -2.46. The highest BCUT2D eigenvalue weighted by Crippen LogP contribution is 2.62. The van der Waals surface area contributed by atoms with E-state index in [9.17, 15) is 14.4 Å². The molecular formula is C15H20O7.